The van der Waals surface area contributed by atoms with Gasteiger partial charge in [-0.3, -0.25) is 9.36 Å². The molecule has 0 radical (unpaired) electrons. The fourth-order valence-electron chi connectivity index (χ4n) is 3.58. The van der Waals surface area contributed by atoms with Crippen LogP contribution in [0.5, 0.6) is 11.5 Å². The van der Waals surface area contributed by atoms with Gasteiger partial charge in [-0.15, -0.1) is 10.2 Å². The minimum Gasteiger partial charge on any atom is -0.457 e. The number of halogens is 1. The summed E-state index contributed by atoms with van der Waals surface area (Å²) in [7, 11) is 0. The van der Waals surface area contributed by atoms with Crippen LogP contribution in [0.25, 0.3) is 17.1 Å². The van der Waals surface area contributed by atoms with Crippen molar-refractivity contribution in [3.05, 3.63) is 119 Å². The normalized spacial score (nSPS) is 11.0. The predicted molar refractivity (Wildman–Crippen MR) is 154 cm³/mol. The van der Waals surface area contributed by atoms with E-state index in [1.54, 1.807) is 6.21 Å². The second kappa shape index (κ2) is 12.4. The Hall–Kier alpha value is -4.21. The van der Waals surface area contributed by atoms with Crippen molar-refractivity contribution in [1.29, 1.82) is 0 Å². The summed E-state index contributed by atoms with van der Waals surface area (Å²) < 4.78 is 8.78. The Morgan fingerprint density at radius 3 is 2.37 bits per heavy atom. The lowest BCUT2D eigenvalue weighted by Crippen LogP contribution is -2.20. The molecule has 0 saturated carbocycles. The van der Waals surface area contributed by atoms with Crippen molar-refractivity contribution in [1.82, 2.24) is 20.2 Å². The molecule has 38 heavy (non-hydrogen) atoms. The molecule has 1 amide bonds. The summed E-state index contributed by atoms with van der Waals surface area (Å²) in [6.45, 7) is 0. The Morgan fingerprint density at radius 1 is 0.895 bits per heavy atom. The number of para-hydroxylation sites is 2. The number of hydrogen-bond donors (Lipinski definition) is 1. The van der Waals surface area contributed by atoms with Crippen molar-refractivity contribution < 1.29 is 9.53 Å². The van der Waals surface area contributed by atoms with Crippen LogP contribution < -0.4 is 10.2 Å². The number of nitrogens with one attached hydrogen (secondary N) is 1. The van der Waals surface area contributed by atoms with E-state index in [-0.39, 0.29) is 11.7 Å². The number of carbonyl (C=O) groups is 1. The van der Waals surface area contributed by atoms with Crippen molar-refractivity contribution in [2.75, 3.05) is 5.75 Å². The van der Waals surface area contributed by atoms with Crippen molar-refractivity contribution in [3.8, 4) is 28.6 Å². The highest BCUT2D eigenvalue weighted by Crippen LogP contribution is 2.28. The summed E-state index contributed by atoms with van der Waals surface area (Å²) >= 11 is 4.76. The third-order valence-corrected chi connectivity index (χ3v) is 6.78. The molecule has 1 heterocycles. The third-order valence-electron chi connectivity index (χ3n) is 5.32. The maximum absolute atomic E-state index is 12.5. The molecule has 188 valence electrons. The van der Waals surface area contributed by atoms with Crippen LogP contribution >= 0.6 is 27.7 Å². The highest BCUT2D eigenvalue weighted by atomic mass is 79.9. The quantitative estimate of drug-likeness (QED) is 0.118. The molecule has 5 rings (SSSR count). The van der Waals surface area contributed by atoms with Crippen molar-refractivity contribution in [2.24, 2.45) is 5.10 Å². The van der Waals surface area contributed by atoms with E-state index in [1.807, 2.05) is 114 Å². The first kappa shape index (κ1) is 25.4. The molecule has 0 aliphatic carbocycles. The average Bonchev–Trinajstić information content (AvgIpc) is 3.37. The molecule has 1 N–H and O–H groups in total. The maximum Gasteiger partial charge on any atom is 0.250 e. The summed E-state index contributed by atoms with van der Waals surface area (Å²) in [5.74, 6) is 2.00. The number of hydrazone groups is 1. The van der Waals surface area contributed by atoms with Gasteiger partial charge in [0.1, 0.15) is 11.5 Å². The number of benzene rings is 4. The standard InChI is InChI=1S/C29H22BrN5O2S/c30-23-16-14-22(15-17-23)28-33-34-29(35(28)24-9-3-1-4-10-24)38-20-27(36)32-31-19-21-8-7-13-26(18-21)37-25-11-5-2-6-12-25/h1-19H,20H2,(H,32,36)/b31-19+. The van der Waals surface area contributed by atoms with E-state index in [0.29, 0.717) is 16.7 Å². The topological polar surface area (TPSA) is 81.4 Å². The minimum absolute atomic E-state index is 0.125. The number of ether oxygens (including phenoxy) is 1. The van der Waals surface area contributed by atoms with Crippen LogP contribution in [0.15, 0.2) is 124 Å². The molecule has 0 aliphatic heterocycles. The van der Waals surface area contributed by atoms with Gasteiger partial charge in [-0.1, -0.05) is 88.4 Å². The van der Waals surface area contributed by atoms with Crippen LogP contribution in [-0.2, 0) is 4.79 Å². The van der Waals surface area contributed by atoms with Gasteiger partial charge >= 0.3 is 0 Å². The van der Waals surface area contributed by atoms with Gasteiger partial charge in [0.2, 0.25) is 0 Å². The predicted octanol–water partition coefficient (Wildman–Crippen LogP) is 6.73. The molecule has 7 nitrogen and oxygen atoms in total. The SMILES string of the molecule is O=C(CSc1nnc(-c2ccc(Br)cc2)n1-c1ccccc1)N/N=C/c1cccc(Oc2ccccc2)c1. The number of thioether (sulfide) groups is 1. The Balaban J connectivity index is 1.24. The molecule has 0 unspecified atom stereocenters. The summed E-state index contributed by atoms with van der Waals surface area (Å²) in [5, 5.41) is 13.5. The zero-order valence-electron chi connectivity index (χ0n) is 20.1. The van der Waals surface area contributed by atoms with Crippen molar-refractivity contribution in [3.63, 3.8) is 0 Å². The Bertz CT molecular complexity index is 1540. The van der Waals surface area contributed by atoms with E-state index in [2.05, 4.69) is 36.7 Å². The number of rotatable bonds is 9. The number of aromatic nitrogens is 3. The van der Waals surface area contributed by atoms with E-state index in [4.69, 9.17) is 4.74 Å². The van der Waals surface area contributed by atoms with Crippen LogP contribution in [0.4, 0.5) is 0 Å². The molecule has 0 bridgehead atoms. The fraction of sp³-hybridized carbons (Fsp3) is 0.0345. The summed E-state index contributed by atoms with van der Waals surface area (Å²) in [6.07, 6.45) is 1.58. The van der Waals surface area contributed by atoms with Crippen LogP contribution in [0, 0.1) is 0 Å². The second-order valence-electron chi connectivity index (χ2n) is 8.05. The molecule has 9 heteroatoms. The van der Waals surface area contributed by atoms with Gasteiger partial charge in [0, 0.05) is 15.7 Å². The zero-order valence-corrected chi connectivity index (χ0v) is 22.5. The van der Waals surface area contributed by atoms with Crippen molar-refractivity contribution >= 4 is 39.8 Å². The van der Waals surface area contributed by atoms with Crippen molar-refractivity contribution in [2.45, 2.75) is 5.16 Å². The largest absolute Gasteiger partial charge is 0.457 e. The minimum atomic E-state index is -0.254. The van der Waals surface area contributed by atoms with E-state index >= 15 is 0 Å². The molecule has 0 atom stereocenters. The Labute approximate surface area is 232 Å². The highest BCUT2D eigenvalue weighted by Gasteiger charge is 2.17. The van der Waals surface area contributed by atoms with E-state index in [0.717, 1.165) is 27.0 Å². The van der Waals surface area contributed by atoms with Gasteiger partial charge in [0.05, 0.1) is 12.0 Å². The molecule has 4 aromatic carbocycles. The average molecular weight is 584 g/mol. The van der Waals surface area contributed by atoms with Gasteiger partial charge in [-0.2, -0.15) is 5.10 Å². The molecule has 0 saturated heterocycles. The van der Waals surface area contributed by atoms with Crippen LogP contribution in [0.3, 0.4) is 0 Å². The van der Waals surface area contributed by atoms with Gasteiger partial charge in [-0.05, 0) is 54.1 Å². The lowest BCUT2D eigenvalue weighted by atomic mass is 10.2. The molecule has 1 aromatic heterocycles. The lowest BCUT2D eigenvalue weighted by Gasteiger charge is -2.10. The van der Waals surface area contributed by atoms with Gasteiger partial charge < -0.3 is 4.74 Å². The fourth-order valence-corrected chi connectivity index (χ4v) is 4.59. The molecule has 0 aliphatic rings. The monoisotopic (exact) mass is 583 g/mol. The molecule has 0 spiro atoms. The van der Waals surface area contributed by atoms with E-state index in [1.165, 1.54) is 11.8 Å². The maximum atomic E-state index is 12.5. The first-order valence-electron chi connectivity index (χ1n) is 11.7. The summed E-state index contributed by atoms with van der Waals surface area (Å²) in [5.41, 5.74) is 5.21. The Kier molecular flexibility index (Phi) is 8.27. The smallest absolute Gasteiger partial charge is 0.250 e. The first-order chi connectivity index (χ1) is 18.7. The molecular formula is C29H22BrN5O2S. The molecule has 0 fully saturated rings. The van der Waals surface area contributed by atoms with E-state index < -0.39 is 0 Å². The lowest BCUT2D eigenvalue weighted by molar-refractivity contribution is -0.118. The highest BCUT2D eigenvalue weighted by molar-refractivity contribution is 9.10. The Morgan fingerprint density at radius 2 is 1.61 bits per heavy atom. The van der Waals surface area contributed by atoms with Crippen LogP contribution in [0.1, 0.15) is 5.56 Å². The van der Waals surface area contributed by atoms with Gasteiger partial charge in [0.25, 0.3) is 5.91 Å². The number of amides is 1. The number of carbonyl (C=O) groups excluding carboxylic acids is 1. The van der Waals surface area contributed by atoms with Crippen LogP contribution in [-0.4, -0.2) is 32.6 Å². The number of hydrogen-bond acceptors (Lipinski definition) is 6. The number of nitrogens with zero attached hydrogens (tertiary/aromatic N) is 4. The van der Waals surface area contributed by atoms with E-state index in [9.17, 15) is 4.79 Å². The summed E-state index contributed by atoms with van der Waals surface area (Å²) in [4.78, 5) is 12.5. The molecular weight excluding hydrogens is 562 g/mol. The molecule has 5 aromatic rings. The summed E-state index contributed by atoms with van der Waals surface area (Å²) in [6, 6.07) is 34.7. The third kappa shape index (κ3) is 6.56. The van der Waals surface area contributed by atoms with Gasteiger partial charge in [-0.25, -0.2) is 5.43 Å². The zero-order chi connectivity index (χ0) is 26.2. The van der Waals surface area contributed by atoms with Gasteiger partial charge in [0.15, 0.2) is 11.0 Å². The van der Waals surface area contributed by atoms with Crippen LogP contribution in [0.2, 0.25) is 0 Å². The second-order valence-corrected chi connectivity index (χ2v) is 9.91. The first-order valence-corrected chi connectivity index (χ1v) is 13.5.